The minimum absolute atomic E-state index is 0.113. The highest BCUT2D eigenvalue weighted by molar-refractivity contribution is 5.81. The minimum atomic E-state index is -0.254. The van der Waals surface area contributed by atoms with Gasteiger partial charge in [-0.15, -0.1) is 0 Å². The first-order valence-electron chi connectivity index (χ1n) is 5.82. The Labute approximate surface area is 98.5 Å². The van der Waals surface area contributed by atoms with Gasteiger partial charge in [0, 0.05) is 0 Å². The summed E-state index contributed by atoms with van der Waals surface area (Å²) in [6.45, 7) is 0.113. The van der Waals surface area contributed by atoms with E-state index in [4.69, 9.17) is 5.73 Å². The van der Waals surface area contributed by atoms with Crippen molar-refractivity contribution in [3.63, 3.8) is 0 Å². The third kappa shape index (κ3) is 1.40. The molecular weight excluding hydrogens is 218 g/mol. The summed E-state index contributed by atoms with van der Waals surface area (Å²) in [4.78, 5) is 12.4. The molecule has 17 heavy (non-hydrogen) atoms. The Balaban J connectivity index is 2.20. The van der Waals surface area contributed by atoms with Gasteiger partial charge in [-0.25, -0.2) is 15.0 Å². The van der Waals surface area contributed by atoms with Crippen molar-refractivity contribution in [3.05, 3.63) is 12.7 Å². The number of aliphatic hydroxyl groups excluding tert-OH is 1. The largest absolute Gasteiger partial charge is 0.394 e. The molecule has 0 unspecified atom stereocenters. The molecule has 0 amide bonds. The number of hydrogen-bond donors (Lipinski definition) is 2. The van der Waals surface area contributed by atoms with Gasteiger partial charge in [0.25, 0.3) is 0 Å². The molecule has 2 heterocycles. The molecular formula is C11H15N5O. The van der Waals surface area contributed by atoms with Crippen molar-refractivity contribution >= 4 is 17.0 Å². The van der Waals surface area contributed by atoms with E-state index in [0.717, 1.165) is 25.7 Å². The van der Waals surface area contributed by atoms with E-state index in [9.17, 15) is 5.11 Å². The van der Waals surface area contributed by atoms with Crippen LogP contribution in [0.1, 0.15) is 25.7 Å². The van der Waals surface area contributed by atoms with Crippen molar-refractivity contribution in [2.75, 3.05) is 12.3 Å². The minimum Gasteiger partial charge on any atom is -0.394 e. The molecule has 0 saturated heterocycles. The predicted molar refractivity (Wildman–Crippen MR) is 63.3 cm³/mol. The van der Waals surface area contributed by atoms with Crippen molar-refractivity contribution in [1.82, 2.24) is 19.5 Å². The van der Waals surface area contributed by atoms with Crippen molar-refractivity contribution in [2.45, 2.75) is 31.2 Å². The van der Waals surface area contributed by atoms with Gasteiger partial charge in [-0.2, -0.15) is 0 Å². The zero-order valence-electron chi connectivity index (χ0n) is 9.50. The Kier molecular flexibility index (Phi) is 2.25. The molecule has 3 rings (SSSR count). The Bertz CT molecular complexity index is 544. The molecule has 3 N–H and O–H groups in total. The Morgan fingerprint density at radius 3 is 2.76 bits per heavy atom. The molecule has 0 radical (unpaired) electrons. The van der Waals surface area contributed by atoms with E-state index in [-0.39, 0.29) is 12.1 Å². The molecule has 90 valence electrons. The smallest absolute Gasteiger partial charge is 0.166 e. The molecule has 6 heteroatoms. The van der Waals surface area contributed by atoms with Gasteiger partial charge in [0.1, 0.15) is 11.8 Å². The van der Waals surface area contributed by atoms with Gasteiger partial charge < -0.3 is 15.4 Å². The summed E-state index contributed by atoms with van der Waals surface area (Å²) in [5.74, 6) is 0.389. The second-order valence-corrected chi connectivity index (χ2v) is 4.64. The van der Waals surface area contributed by atoms with Crippen LogP contribution in [0.15, 0.2) is 12.7 Å². The lowest BCUT2D eigenvalue weighted by molar-refractivity contribution is 0.140. The molecule has 0 bridgehead atoms. The Morgan fingerprint density at radius 1 is 1.29 bits per heavy atom. The molecule has 2 aromatic rings. The van der Waals surface area contributed by atoms with Gasteiger partial charge in [0.05, 0.1) is 18.5 Å². The number of imidazole rings is 1. The molecule has 1 aliphatic carbocycles. The maximum absolute atomic E-state index is 9.69. The van der Waals surface area contributed by atoms with Crippen LogP contribution in [0.5, 0.6) is 0 Å². The van der Waals surface area contributed by atoms with Crippen LogP contribution in [0.4, 0.5) is 5.82 Å². The highest BCUT2D eigenvalue weighted by Gasteiger charge is 2.36. The second kappa shape index (κ2) is 3.66. The number of fused-ring (bicyclic) bond motifs is 1. The van der Waals surface area contributed by atoms with Gasteiger partial charge in [-0.3, -0.25) is 0 Å². The molecule has 1 aliphatic rings. The van der Waals surface area contributed by atoms with Gasteiger partial charge in [0.15, 0.2) is 11.5 Å². The van der Waals surface area contributed by atoms with Gasteiger partial charge in [-0.1, -0.05) is 12.8 Å². The first-order chi connectivity index (χ1) is 8.27. The molecule has 0 atom stereocenters. The topological polar surface area (TPSA) is 89.9 Å². The van der Waals surface area contributed by atoms with Crippen molar-refractivity contribution in [3.8, 4) is 0 Å². The fourth-order valence-corrected chi connectivity index (χ4v) is 2.71. The normalized spacial score (nSPS) is 18.9. The zero-order chi connectivity index (χ0) is 11.9. The number of aliphatic hydroxyl groups is 1. The number of hydrogen-bond acceptors (Lipinski definition) is 5. The first-order valence-corrected chi connectivity index (χ1v) is 5.82. The lowest BCUT2D eigenvalue weighted by atomic mass is 9.99. The van der Waals surface area contributed by atoms with Gasteiger partial charge >= 0.3 is 0 Å². The Morgan fingerprint density at radius 2 is 2.06 bits per heavy atom. The fourth-order valence-electron chi connectivity index (χ4n) is 2.71. The first kappa shape index (κ1) is 10.5. The molecule has 0 aliphatic heterocycles. The maximum Gasteiger partial charge on any atom is 0.166 e. The van der Waals surface area contributed by atoms with E-state index in [1.54, 1.807) is 6.33 Å². The summed E-state index contributed by atoms with van der Waals surface area (Å²) < 4.78 is 1.97. The van der Waals surface area contributed by atoms with Crippen LogP contribution in [0.2, 0.25) is 0 Å². The average molecular weight is 233 g/mol. The van der Waals surface area contributed by atoms with E-state index in [0.29, 0.717) is 17.0 Å². The van der Waals surface area contributed by atoms with Gasteiger partial charge in [-0.05, 0) is 12.8 Å². The van der Waals surface area contributed by atoms with Gasteiger partial charge in [0.2, 0.25) is 0 Å². The summed E-state index contributed by atoms with van der Waals surface area (Å²) in [7, 11) is 0. The van der Waals surface area contributed by atoms with Crippen LogP contribution < -0.4 is 5.73 Å². The standard InChI is InChI=1S/C11H15N5O/c12-9-8-10(14-6-13-9)16(7-15-8)11(5-17)3-1-2-4-11/h6-7,17H,1-5H2,(H2,12,13,14). The number of nitrogen functional groups attached to an aromatic ring is 1. The number of rotatable bonds is 2. The predicted octanol–water partition coefficient (Wildman–Crippen LogP) is 0.670. The van der Waals surface area contributed by atoms with Crippen molar-refractivity contribution in [1.29, 1.82) is 0 Å². The molecule has 1 fully saturated rings. The quantitative estimate of drug-likeness (QED) is 0.795. The summed E-state index contributed by atoms with van der Waals surface area (Å²) in [6.07, 6.45) is 7.33. The third-order valence-electron chi connectivity index (χ3n) is 3.70. The zero-order valence-corrected chi connectivity index (χ0v) is 9.50. The maximum atomic E-state index is 9.69. The summed E-state index contributed by atoms with van der Waals surface area (Å²) >= 11 is 0. The van der Waals surface area contributed by atoms with E-state index in [1.165, 1.54) is 6.33 Å². The van der Waals surface area contributed by atoms with Crippen LogP contribution in [-0.4, -0.2) is 31.2 Å². The molecule has 2 aromatic heterocycles. The molecule has 0 spiro atoms. The van der Waals surface area contributed by atoms with E-state index in [1.807, 2.05) is 4.57 Å². The van der Waals surface area contributed by atoms with E-state index in [2.05, 4.69) is 15.0 Å². The number of aromatic nitrogens is 4. The van der Waals surface area contributed by atoms with Crippen LogP contribution in [0.3, 0.4) is 0 Å². The van der Waals surface area contributed by atoms with Crippen LogP contribution in [-0.2, 0) is 5.54 Å². The number of nitrogens with zero attached hydrogens (tertiary/aromatic N) is 4. The van der Waals surface area contributed by atoms with Crippen molar-refractivity contribution in [2.24, 2.45) is 0 Å². The van der Waals surface area contributed by atoms with E-state index < -0.39 is 0 Å². The monoisotopic (exact) mass is 233 g/mol. The highest BCUT2D eigenvalue weighted by atomic mass is 16.3. The lowest BCUT2D eigenvalue weighted by Crippen LogP contribution is -2.34. The molecule has 6 nitrogen and oxygen atoms in total. The summed E-state index contributed by atoms with van der Waals surface area (Å²) in [5.41, 5.74) is 6.84. The lowest BCUT2D eigenvalue weighted by Gasteiger charge is -2.28. The van der Waals surface area contributed by atoms with Crippen LogP contribution >= 0.6 is 0 Å². The summed E-state index contributed by atoms with van der Waals surface area (Å²) in [6, 6.07) is 0. The Hall–Kier alpha value is -1.69. The fraction of sp³-hybridized carbons (Fsp3) is 0.545. The molecule has 1 saturated carbocycles. The van der Waals surface area contributed by atoms with Crippen molar-refractivity contribution < 1.29 is 5.11 Å². The third-order valence-corrected chi connectivity index (χ3v) is 3.70. The number of anilines is 1. The van der Waals surface area contributed by atoms with E-state index >= 15 is 0 Å². The summed E-state index contributed by atoms with van der Waals surface area (Å²) in [5, 5.41) is 9.69. The van der Waals surface area contributed by atoms with Crippen LogP contribution in [0, 0.1) is 0 Å². The highest BCUT2D eigenvalue weighted by Crippen LogP contribution is 2.37. The molecule has 0 aromatic carbocycles. The second-order valence-electron chi connectivity index (χ2n) is 4.64. The average Bonchev–Trinajstić information content (AvgIpc) is 2.96. The van der Waals surface area contributed by atoms with Crippen LogP contribution in [0.25, 0.3) is 11.2 Å². The number of nitrogens with two attached hydrogens (primary N) is 1. The SMILES string of the molecule is Nc1ncnc2c1ncn2C1(CO)CCCC1.